The number of benzene rings is 2. The quantitative estimate of drug-likeness (QED) is 0.375. The van der Waals surface area contributed by atoms with Gasteiger partial charge in [-0.2, -0.15) is 0 Å². The van der Waals surface area contributed by atoms with E-state index in [1.54, 1.807) is 24.3 Å². The molecular formula is C28H30F2O. The molecule has 4 rings (SSSR count). The molecule has 31 heavy (non-hydrogen) atoms. The fourth-order valence-corrected chi connectivity index (χ4v) is 5.42. The maximum absolute atomic E-state index is 14.8. The first kappa shape index (κ1) is 21.6. The van der Waals surface area contributed by atoms with Crippen LogP contribution in [0.4, 0.5) is 8.78 Å². The summed E-state index contributed by atoms with van der Waals surface area (Å²) >= 11 is 0. The standard InChI is InChI=1S/C28H30F2O/c1-3-4-19-5-6-23-16-24(12-11-22(23)15-19)25-10-9-20(27(29)17-25)7-8-21-13-14-26(31-2)18-28(21)30/h3-4,9-10,13-14,17-19,22-24H,5-6,11-12,15-16H2,1-2H3/b4-3+. The van der Waals surface area contributed by atoms with Crippen LogP contribution in [0.15, 0.2) is 48.6 Å². The molecule has 2 aromatic carbocycles. The number of ether oxygens (including phenoxy) is 1. The van der Waals surface area contributed by atoms with Crippen molar-refractivity contribution < 1.29 is 13.5 Å². The molecule has 3 heteroatoms. The van der Waals surface area contributed by atoms with Gasteiger partial charge in [-0.1, -0.05) is 30.1 Å². The SMILES string of the molecule is C/C=C/C1CCC2CC(c3ccc(C#Cc4ccc(OC)cc4F)c(F)c3)CCC2C1. The largest absolute Gasteiger partial charge is 0.497 e. The molecule has 0 aliphatic heterocycles. The van der Waals surface area contributed by atoms with Crippen LogP contribution in [0.3, 0.4) is 0 Å². The molecule has 0 N–H and O–H groups in total. The lowest BCUT2D eigenvalue weighted by molar-refractivity contribution is 0.133. The third-order valence-electron chi connectivity index (χ3n) is 7.09. The fourth-order valence-electron chi connectivity index (χ4n) is 5.42. The van der Waals surface area contributed by atoms with Crippen LogP contribution in [0.25, 0.3) is 0 Å². The van der Waals surface area contributed by atoms with Crippen LogP contribution in [-0.4, -0.2) is 7.11 Å². The van der Waals surface area contributed by atoms with E-state index in [4.69, 9.17) is 4.74 Å². The van der Waals surface area contributed by atoms with E-state index in [0.29, 0.717) is 17.2 Å². The van der Waals surface area contributed by atoms with E-state index in [1.807, 2.05) is 6.07 Å². The van der Waals surface area contributed by atoms with Gasteiger partial charge >= 0.3 is 0 Å². The Hall–Kier alpha value is -2.60. The average Bonchev–Trinajstić information content (AvgIpc) is 2.78. The minimum absolute atomic E-state index is 0.233. The zero-order valence-corrected chi connectivity index (χ0v) is 18.3. The van der Waals surface area contributed by atoms with Crippen molar-refractivity contribution in [2.45, 2.75) is 51.4 Å². The van der Waals surface area contributed by atoms with Gasteiger partial charge in [-0.15, -0.1) is 0 Å². The number of rotatable bonds is 3. The Balaban J connectivity index is 1.44. The maximum Gasteiger partial charge on any atom is 0.142 e. The van der Waals surface area contributed by atoms with Crippen LogP contribution in [0.2, 0.25) is 0 Å². The van der Waals surface area contributed by atoms with Crippen molar-refractivity contribution in [1.82, 2.24) is 0 Å². The molecular weight excluding hydrogens is 390 g/mol. The lowest BCUT2D eigenvalue weighted by Crippen LogP contribution is -2.30. The zero-order valence-electron chi connectivity index (χ0n) is 18.3. The molecule has 2 aliphatic carbocycles. The first-order valence-corrected chi connectivity index (χ1v) is 11.3. The first-order chi connectivity index (χ1) is 15.1. The summed E-state index contributed by atoms with van der Waals surface area (Å²) in [6, 6.07) is 9.88. The van der Waals surface area contributed by atoms with E-state index < -0.39 is 5.82 Å². The van der Waals surface area contributed by atoms with E-state index in [-0.39, 0.29) is 11.4 Å². The van der Waals surface area contributed by atoms with E-state index >= 15 is 0 Å². The molecule has 2 aliphatic rings. The van der Waals surface area contributed by atoms with Gasteiger partial charge in [0.25, 0.3) is 0 Å². The summed E-state index contributed by atoms with van der Waals surface area (Å²) in [6.07, 6.45) is 12.0. The smallest absolute Gasteiger partial charge is 0.142 e. The highest BCUT2D eigenvalue weighted by atomic mass is 19.1. The highest BCUT2D eigenvalue weighted by Gasteiger charge is 2.35. The van der Waals surface area contributed by atoms with Crippen molar-refractivity contribution in [3.63, 3.8) is 0 Å². The summed E-state index contributed by atoms with van der Waals surface area (Å²) in [5.41, 5.74) is 1.61. The van der Waals surface area contributed by atoms with Crippen molar-refractivity contribution in [2.75, 3.05) is 7.11 Å². The Morgan fingerprint density at radius 2 is 1.55 bits per heavy atom. The van der Waals surface area contributed by atoms with Crippen LogP contribution >= 0.6 is 0 Å². The maximum atomic E-state index is 14.8. The van der Waals surface area contributed by atoms with Crippen LogP contribution < -0.4 is 4.74 Å². The van der Waals surface area contributed by atoms with Crippen LogP contribution in [0, 0.1) is 41.2 Å². The minimum Gasteiger partial charge on any atom is -0.497 e. The van der Waals surface area contributed by atoms with Crippen molar-refractivity contribution in [3.8, 4) is 17.6 Å². The second-order valence-electron chi connectivity index (χ2n) is 8.96. The second-order valence-corrected chi connectivity index (χ2v) is 8.96. The number of hydrogen-bond donors (Lipinski definition) is 0. The monoisotopic (exact) mass is 420 g/mol. The van der Waals surface area contributed by atoms with Gasteiger partial charge in [0.05, 0.1) is 18.2 Å². The molecule has 0 bridgehead atoms. The van der Waals surface area contributed by atoms with Gasteiger partial charge in [-0.25, -0.2) is 8.78 Å². The first-order valence-electron chi connectivity index (χ1n) is 11.3. The van der Waals surface area contributed by atoms with Gasteiger partial charge in [0.2, 0.25) is 0 Å². The fraction of sp³-hybridized carbons (Fsp3) is 0.429. The third kappa shape index (κ3) is 5.01. The van der Waals surface area contributed by atoms with Crippen molar-refractivity contribution >= 4 is 0 Å². The van der Waals surface area contributed by atoms with Gasteiger partial charge in [0.1, 0.15) is 17.4 Å². The van der Waals surface area contributed by atoms with Crippen LogP contribution in [0.1, 0.15) is 68.1 Å². The molecule has 0 heterocycles. The Bertz CT molecular complexity index is 1010. The predicted octanol–water partition coefficient (Wildman–Crippen LogP) is 7.25. The van der Waals surface area contributed by atoms with Crippen LogP contribution in [-0.2, 0) is 0 Å². The summed E-state index contributed by atoms with van der Waals surface area (Å²) in [6.45, 7) is 2.11. The summed E-state index contributed by atoms with van der Waals surface area (Å²) in [7, 11) is 1.48. The number of allylic oxidation sites excluding steroid dienone is 2. The van der Waals surface area contributed by atoms with Gasteiger partial charge < -0.3 is 4.74 Å². The van der Waals surface area contributed by atoms with Gasteiger partial charge in [-0.3, -0.25) is 0 Å². The highest BCUT2D eigenvalue weighted by Crippen LogP contribution is 2.47. The molecule has 0 aromatic heterocycles. The van der Waals surface area contributed by atoms with E-state index in [2.05, 4.69) is 30.9 Å². The normalized spacial score (nSPS) is 25.5. The van der Waals surface area contributed by atoms with E-state index in [9.17, 15) is 8.78 Å². The van der Waals surface area contributed by atoms with Gasteiger partial charge in [-0.05, 0) is 98.9 Å². The molecule has 2 saturated carbocycles. The zero-order chi connectivity index (χ0) is 21.8. The second kappa shape index (κ2) is 9.69. The molecule has 2 fully saturated rings. The molecule has 4 unspecified atom stereocenters. The predicted molar refractivity (Wildman–Crippen MR) is 121 cm³/mol. The minimum atomic E-state index is -0.468. The molecule has 0 saturated heterocycles. The van der Waals surface area contributed by atoms with Crippen molar-refractivity contribution in [1.29, 1.82) is 0 Å². The Kier molecular flexibility index (Phi) is 6.76. The number of halogens is 2. The summed E-state index contributed by atoms with van der Waals surface area (Å²) in [5, 5.41) is 0. The Morgan fingerprint density at radius 3 is 2.23 bits per heavy atom. The topological polar surface area (TPSA) is 9.23 Å². The molecule has 0 amide bonds. The third-order valence-corrected chi connectivity index (χ3v) is 7.09. The summed E-state index contributed by atoms with van der Waals surface area (Å²) in [4.78, 5) is 0. The van der Waals surface area contributed by atoms with E-state index in [1.165, 1.54) is 38.9 Å². The molecule has 0 spiro atoms. The summed E-state index contributed by atoms with van der Waals surface area (Å²) < 4.78 is 33.8. The van der Waals surface area contributed by atoms with E-state index in [0.717, 1.165) is 36.2 Å². The lowest BCUT2D eigenvalue weighted by Gasteiger charge is -2.41. The van der Waals surface area contributed by atoms with Crippen molar-refractivity contribution in [2.24, 2.45) is 17.8 Å². The Labute approximate surface area is 184 Å². The molecule has 162 valence electrons. The van der Waals surface area contributed by atoms with Crippen LogP contribution in [0.5, 0.6) is 5.75 Å². The number of hydrogen-bond acceptors (Lipinski definition) is 1. The van der Waals surface area contributed by atoms with Gasteiger partial charge in [0, 0.05) is 6.07 Å². The Morgan fingerprint density at radius 1 is 0.871 bits per heavy atom. The number of methoxy groups -OCH3 is 1. The van der Waals surface area contributed by atoms with Crippen molar-refractivity contribution in [3.05, 3.63) is 76.9 Å². The molecule has 2 aromatic rings. The number of fused-ring (bicyclic) bond motifs is 1. The summed E-state index contributed by atoms with van der Waals surface area (Å²) in [5.74, 6) is 7.93. The van der Waals surface area contributed by atoms with Gasteiger partial charge in [0.15, 0.2) is 0 Å². The molecule has 4 atom stereocenters. The molecule has 0 radical (unpaired) electrons. The average molecular weight is 421 g/mol. The highest BCUT2D eigenvalue weighted by molar-refractivity contribution is 5.46. The molecule has 1 nitrogen and oxygen atoms in total. The lowest BCUT2D eigenvalue weighted by atomic mass is 9.64.